The molecular weight excluding hydrogens is 224 g/mol. The maximum atomic E-state index is 12.0. The molecule has 2 unspecified atom stereocenters. The van der Waals surface area contributed by atoms with Crippen molar-refractivity contribution in [1.82, 2.24) is 9.80 Å². The molecular formula is C15H30N2O. The van der Waals surface area contributed by atoms with Gasteiger partial charge in [-0.3, -0.25) is 0 Å². The number of hydrogen-bond donors (Lipinski definition) is 0. The minimum Gasteiger partial charge on any atom is -0.331 e. The highest BCUT2D eigenvalue weighted by Gasteiger charge is 2.42. The summed E-state index contributed by atoms with van der Waals surface area (Å²) in [5.41, 5.74) is 0. The van der Waals surface area contributed by atoms with E-state index in [-0.39, 0.29) is 6.03 Å². The van der Waals surface area contributed by atoms with E-state index in [1.807, 2.05) is 14.1 Å². The highest BCUT2D eigenvalue weighted by Crippen LogP contribution is 2.40. The molecule has 2 aliphatic heterocycles. The smallest absolute Gasteiger partial charge is 0.319 e. The minimum absolute atomic E-state index is 0.219. The zero-order chi connectivity index (χ0) is 13.7. The van der Waals surface area contributed by atoms with Crippen LogP contribution in [0.1, 0.15) is 59.3 Å². The number of hydrogen-bond acceptors (Lipinski definition) is 1. The van der Waals surface area contributed by atoms with Gasteiger partial charge in [0.15, 0.2) is 0 Å². The maximum Gasteiger partial charge on any atom is 0.319 e. The standard InChI is InChI=1S/C12H22N2O.C3H8/c1-4-9-7-10-5-6-11(8-9)14(10)12(15)13(2)3;1-3-2/h9-11H,4-8H2,1-3H3;3H2,1-2H3. The molecule has 0 aliphatic carbocycles. The number of urea groups is 1. The molecule has 2 atom stereocenters. The molecule has 3 heteroatoms. The number of nitrogens with zero attached hydrogens (tertiary/aromatic N) is 2. The fraction of sp³-hybridized carbons (Fsp3) is 0.933. The van der Waals surface area contributed by atoms with E-state index >= 15 is 0 Å². The monoisotopic (exact) mass is 254 g/mol. The molecule has 106 valence electrons. The van der Waals surface area contributed by atoms with Crippen molar-refractivity contribution in [2.45, 2.75) is 71.4 Å². The summed E-state index contributed by atoms with van der Waals surface area (Å²) in [6.45, 7) is 6.52. The van der Waals surface area contributed by atoms with E-state index in [0.29, 0.717) is 12.1 Å². The largest absolute Gasteiger partial charge is 0.331 e. The van der Waals surface area contributed by atoms with E-state index in [9.17, 15) is 4.79 Å². The lowest BCUT2D eigenvalue weighted by molar-refractivity contribution is 0.103. The van der Waals surface area contributed by atoms with Crippen LogP contribution >= 0.6 is 0 Å². The van der Waals surface area contributed by atoms with Gasteiger partial charge in [-0.15, -0.1) is 0 Å². The van der Waals surface area contributed by atoms with E-state index in [1.54, 1.807) is 4.90 Å². The van der Waals surface area contributed by atoms with Gasteiger partial charge in [-0.2, -0.15) is 0 Å². The molecule has 0 N–H and O–H groups in total. The van der Waals surface area contributed by atoms with Gasteiger partial charge in [-0.25, -0.2) is 4.79 Å². The van der Waals surface area contributed by atoms with Crippen molar-refractivity contribution in [2.24, 2.45) is 5.92 Å². The SMILES string of the molecule is CCC.CCC1CC2CCC(C1)N2C(=O)N(C)C. The van der Waals surface area contributed by atoms with Crippen LogP contribution in [0.15, 0.2) is 0 Å². The summed E-state index contributed by atoms with van der Waals surface area (Å²) in [5, 5.41) is 0. The summed E-state index contributed by atoms with van der Waals surface area (Å²) in [6.07, 6.45) is 7.43. The minimum atomic E-state index is 0.219. The summed E-state index contributed by atoms with van der Waals surface area (Å²) in [5.74, 6) is 0.855. The predicted molar refractivity (Wildman–Crippen MR) is 76.7 cm³/mol. The van der Waals surface area contributed by atoms with Crippen LogP contribution in [-0.2, 0) is 0 Å². The molecule has 0 saturated carbocycles. The zero-order valence-electron chi connectivity index (χ0n) is 12.8. The van der Waals surface area contributed by atoms with Crippen LogP contribution in [-0.4, -0.2) is 42.0 Å². The molecule has 0 aromatic rings. The number of carbonyl (C=O) groups excluding carboxylic acids is 1. The van der Waals surface area contributed by atoms with Crippen molar-refractivity contribution in [1.29, 1.82) is 0 Å². The zero-order valence-corrected chi connectivity index (χ0v) is 12.8. The second-order valence-electron chi connectivity index (χ2n) is 5.92. The van der Waals surface area contributed by atoms with Crippen molar-refractivity contribution in [3.05, 3.63) is 0 Å². The van der Waals surface area contributed by atoms with Crippen LogP contribution in [0.5, 0.6) is 0 Å². The summed E-state index contributed by atoms with van der Waals surface area (Å²) in [4.78, 5) is 15.9. The van der Waals surface area contributed by atoms with Gasteiger partial charge in [0, 0.05) is 26.2 Å². The highest BCUT2D eigenvalue weighted by molar-refractivity contribution is 5.75. The van der Waals surface area contributed by atoms with Gasteiger partial charge in [0.1, 0.15) is 0 Å². The Kier molecular flexibility index (Phi) is 5.97. The van der Waals surface area contributed by atoms with E-state index in [2.05, 4.69) is 25.7 Å². The molecule has 2 heterocycles. The molecule has 2 amide bonds. The third-order valence-electron chi connectivity index (χ3n) is 4.01. The molecule has 3 nitrogen and oxygen atoms in total. The van der Waals surface area contributed by atoms with Gasteiger partial charge in [0.2, 0.25) is 0 Å². The number of fused-ring (bicyclic) bond motifs is 2. The molecule has 0 radical (unpaired) electrons. The summed E-state index contributed by atoms with van der Waals surface area (Å²) < 4.78 is 0. The van der Waals surface area contributed by atoms with Gasteiger partial charge in [0.05, 0.1) is 0 Å². The quantitative estimate of drug-likeness (QED) is 0.699. The number of piperidine rings is 1. The molecule has 0 spiro atoms. The third-order valence-corrected chi connectivity index (χ3v) is 4.01. The Hall–Kier alpha value is -0.730. The van der Waals surface area contributed by atoms with Crippen molar-refractivity contribution in [3.63, 3.8) is 0 Å². The van der Waals surface area contributed by atoms with Crippen LogP contribution in [0.4, 0.5) is 4.79 Å². The molecule has 0 aromatic carbocycles. The van der Waals surface area contributed by atoms with Crippen LogP contribution in [0.2, 0.25) is 0 Å². The van der Waals surface area contributed by atoms with Crippen LogP contribution in [0.3, 0.4) is 0 Å². The first-order valence-electron chi connectivity index (χ1n) is 7.54. The van der Waals surface area contributed by atoms with E-state index < -0.39 is 0 Å². The number of carbonyl (C=O) groups is 1. The lowest BCUT2D eigenvalue weighted by atomic mass is 9.89. The highest BCUT2D eigenvalue weighted by atomic mass is 16.2. The van der Waals surface area contributed by atoms with Gasteiger partial charge < -0.3 is 9.80 Å². The lowest BCUT2D eigenvalue weighted by Crippen LogP contribution is -2.50. The first kappa shape index (κ1) is 15.3. The molecule has 2 saturated heterocycles. The average molecular weight is 254 g/mol. The van der Waals surface area contributed by atoms with Crippen LogP contribution < -0.4 is 0 Å². The summed E-state index contributed by atoms with van der Waals surface area (Å²) in [7, 11) is 3.71. The molecule has 2 aliphatic rings. The molecule has 0 aromatic heterocycles. The second kappa shape index (κ2) is 7.01. The topological polar surface area (TPSA) is 23.6 Å². The summed E-state index contributed by atoms with van der Waals surface area (Å²) in [6, 6.07) is 1.28. The van der Waals surface area contributed by atoms with Crippen molar-refractivity contribution in [3.8, 4) is 0 Å². The fourth-order valence-electron chi connectivity index (χ4n) is 3.17. The van der Waals surface area contributed by atoms with Gasteiger partial charge in [-0.05, 0) is 31.6 Å². The molecule has 2 bridgehead atoms. The van der Waals surface area contributed by atoms with Crippen molar-refractivity contribution in [2.75, 3.05) is 14.1 Å². The van der Waals surface area contributed by atoms with E-state index in [4.69, 9.17) is 0 Å². The Labute approximate surface area is 113 Å². The molecule has 2 rings (SSSR count). The third kappa shape index (κ3) is 3.39. The molecule has 18 heavy (non-hydrogen) atoms. The van der Waals surface area contributed by atoms with Crippen LogP contribution in [0, 0.1) is 5.92 Å². The average Bonchev–Trinajstić information content (AvgIpc) is 2.59. The van der Waals surface area contributed by atoms with Gasteiger partial charge in [0.25, 0.3) is 0 Å². The fourth-order valence-corrected chi connectivity index (χ4v) is 3.17. The van der Waals surface area contributed by atoms with E-state index in [1.165, 1.54) is 38.5 Å². The number of rotatable bonds is 1. The Morgan fingerprint density at radius 2 is 1.56 bits per heavy atom. The lowest BCUT2D eigenvalue weighted by Gasteiger charge is -2.40. The Bertz CT molecular complexity index is 251. The normalized spacial score (nSPS) is 29.6. The van der Waals surface area contributed by atoms with Crippen LogP contribution in [0.25, 0.3) is 0 Å². The Morgan fingerprint density at radius 1 is 1.11 bits per heavy atom. The second-order valence-corrected chi connectivity index (χ2v) is 5.92. The number of amides is 2. The molecule has 2 fully saturated rings. The first-order valence-corrected chi connectivity index (χ1v) is 7.54. The van der Waals surface area contributed by atoms with Gasteiger partial charge >= 0.3 is 6.03 Å². The predicted octanol–water partition coefficient (Wildman–Crippen LogP) is 3.74. The van der Waals surface area contributed by atoms with Gasteiger partial charge in [-0.1, -0.05) is 33.6 Å². The van der Waals surface area contributed by atoms with Crippen molar-refractivity contribution >= 4 is 6.03 Å². The van der Waals surface area contributed by atoms with E-state index in [0.717, 1.165) is 5.92 Å². The summed E-state index contributed by atoms with van der Waals surface area (Å²) >= 11 is 0. The maximum absolute atomic E-state index is 12.0. The Balaban J connectivity index is 0.000000492. The first-order chi connectivity index (χ1) is 8.54. The Morgan fingerprint density at radius 3 is 1.89 bits per heavy atom. The van der Waals surface area contributed by atoms with Crippen molar-refractivity contribution < 1.29 is 4.79 Å².